The maximum absolute atomic E-state index is 13.7. The molecule has 2 aromatic rings. The van der Waals surface area contributed by atoms with Crippen LogP contribution >= 0.6 is 0 Å². The van der Waals surface area contributed by atoms with Gasteiger partial charge >= 0.3 is 6.03 Å². The van der Waals surface area contributed by atoms with E-state index < -0.39 is 5.54 Å². The SMILES string of the molecule is COCCCN1C(=O)N(Cc2ccc3ccccc3c2)C(=O)C12CCN(CC(C)C)CC2. The maximum Gasteiger partial charge on any atom is 0.327 e. The van der Waals surface area contributed by atoms with E-state index in [9.17, 15) is 9.59 Å². The van der Waals surface area contributed by atoms with Crippen LogP contribution in [0.2, 0.25) is 0 Å². The topological polar surface area (TPSA) is 53.1 Å². The number of benzene rings is 2. The third-order valence-corrected chi connectivity index (χ3v) is 6.81. The van der Waals surface area contributed by atoms with E-state index in [-0.39, 0.29) is 11.9 Å². The molecule has 3 amide bonds. The molecule has 2 saturated heterocycles. The molecule has 2 aliphatic rings. The van der Waals surface area contributed by atoms with Crippen LogP contribution in [0.5, 0.6) is 0 Å². The number of carbonyl (C=O) groups is 2. The highest BCUT2D eigenvalue weighted by atomic mass is 16.5. The van der Waals surface area contributed by atoms with E-state index in [1.54, 1.807) is 7.11 Å². The van der Waals surface area contributed by atoms with Gasteiger partial charge < -0.3 is 14.5 Å². The van der Waals surface area contributed by atoms with Crippen molar-refractivity contribution in [3.8, 4) is 0 Å². The van der Waals surface area contributed by atoms with Gasteiger partial charge in [0.05, 0.1) is 6.54 Å². The second-order valence-electron chi connectivity index (χ2n) is 9.58. The molecule has 6 heteroatoms. The summed E-state index contributed by atoms with van der Waals surface area (Å²) in [6.07, 6.45) is 2.13. The van der Waals surface area contributed by atoms with E-state index in [1.165, 1.54) is 4.90 Å². The molecule has 0 bridgehead atoms. The zero-order valence-electron chi connectivity index (χ0n) is 19.5. The molecule has 0 saturated carbocycles. The van der Waals surface area contributed by atoms with Crippen LogP contribution in [-0.4, -0.2) is 72.1 Å². The lowest BCUT2D eigenvalue weighted by Crippen LogP contribution is -2.57. The van der Waals surface area contributed by atoms with Gasteiger partial charge in [0.2, 0.25) is 0 Å². The first kappa shape index (κ1) is 22.7. The predicted octanol–water partition coefficient (Wildman–Crippen LogP) is 4.13. The van der Waals surface area contributed by atoms with Crippen molar-refractivity contribution in [3.63, 3.8) is 0 Å². The van der Waals surface area contributed by atoms with Gasteiger partial charge in [-0.1, -0.05) is 50.2 Å². The molecule has 0 aromatic heterocycles. The molecular weight excluding hydrogens is 402 g/mol. The van der Waals surface area contributed by atoms with Gasteiger partial charge in [0, 0.05) is 39.9 Å². The van der Waals surface area contributed by atoms with Crippen LogP contribution in [0.25, 0.3) is 10.8 Å². The molecule has 2 heterocycles. The lowest BCUT2D eigenvalue weighted by atomic mass is 9.85. The number of amides is 3. The number of hydrogen-bond donors (Lipinski definition) is 0. The summed E-state index contributed by atoms with van der Waals surface area (Å²) in [4.78, 5) is 33.0. The Morgan fingerprint density at radius 3 is 2.44 bits per heavy atom. The van der Waals surface area contributed by atoms with Crippen molar-refractivity contribution in [1.29, 1.82) is 0 Å². The average Bonchev–Trinajstić information content (AvgIpc) is 2.97. The van der Waals surface area contributed by atoms with E-state index in [4.69, 9.17) is 4.74 Å². The quantitative estimate of drug-likeness (QED) is 0.460. The minimum Gasteiger partial charge on any atom is -0.385 e. The van der Waals surface area contributed by atoms with Crippen LogP contribution in [0.1, 0.15) is 38.7 Å². The Labute approximate surface area is 191 Å². The van der Waals surface area contributed by atoms with E-state index in [0.29, 0.717) is 38.5 Å². The molecule has 0 unspecified atom stereocenters. The number of ether oxygens (including phenoxy) is 1. The Morgan fingerprint density at radius 1 is 1.03 bits per heavy atom. The minimum absolute atomic E-state index is 0.0303. The molecule has 2 aliphatic heterocycles. The summed E-state index contributed by atoms with van der Waals surface area (Å²) < 4.78 is 5.22. The molecule has 32 heavy (non-hydrogen) atoms. The lowest BCUT2D eigenvalue weighted by Gasteiger charge is -2.42. The highest BCUT2D eigenvalue weighted by molar-refractivity contribution is 6.07. The fourth-order valence-corrected chi connectivity index (χ4v) is 5.22. The number of carbonyl (C=O) groups excluding carboxylic acids is 2. The monoisotopic (exact) mass is 437 g/mol. The summed E-state index contributed by atoms with van der Waals surface area (Å²) in [5.41, 5.74) is 0.270. The second-order valence-corrected chi connectivity index (χ2v) is 9.58. The minimum atomic E-state index is -0.713. The summed E-state index contributed by atoms with van der Waals surface area (Å²) in [5, 5.41) is 2.28. The van der Waals surface area contributed by atoms with Crippen molar-refractivity contribution in [2.24, 2.45) is 5.92 Å². The number of piperidine rings is 1. The number of hydrogen-bond acceptors (Lipinski definition) is 4. The van der Waals surface area contributed by atoms with E-state index in [2.05, 4.69) is 43.0 Å². The van der Waals surface area contributed by atoms with Crippen LogP contribution < -0.4 is 0 Å². The van der Waals surface area contributed by atoms with Gasteiger partial charge in [-0.3, -0.25) is 9.69 Å². The molecular formula is C26H35N3O3. The Balaban J connectivity index is 1.56. The number of methoxy groups -OCH3 is 1. The molecule has 6 nitrogen and oxygen atoms in total. The third-order valence-electron chi connectivity index (χ3n) is 6.81. The molecule has 2 fully saturated rings. The highest BCUT2D eigenvalue weighted by Crippen LogP contribution is 2.38. The Bertz CT molecular complexity index is 966. The molecule has 0 radical (unpaired) electrons. The number of urea groups is 1. The van der Waals surface area contributed by atoms with Gasteiger partial charge in [-0.15, -0.1) is 0 Å². The van der Waals surface area contributed by atoms with Crippen LogP contribution in [0.4, 0.5) is 4.79 Å². The molecule has 172 valence electrons. The zero-order chi connectivity index (χ0) is 22.7. The van der Waals surface area contributed by atoms with Crippen molar-refractivity contribution >= 4 is 22.7 Å². The van der Waals surface area contributed by atoms with Crippen LogP contribution in [0.3, 0.4) is 0 Å². The van der Waals surface area contributed by atoms with E-state index in [0.717, 1.165) is 42.4 Å². The third kappa shape index (κ3) is 4.39. The van der Waals surface area contributed by atoms with Crippen molar-refractivity contribution in [3.05, 3.63) is 48.0 Å². The van der Waals surface area contributed by atoms with Crippen molar-refractivity contribution < 1.29 is 14.3 Å². The molecule has 1 spiro atoms. The predicted molar refractivity (Wildman–Crippen MR) is 126 cm³/mol. The van der Waals surface area contributed by atoms with Crippen molar-refractivity contribution in [2.45, 2.75) is 45.2 Å². The first-order valence-corrected chi connectivity index (χ1v) is 11.8. The van der Waals surface area contributed by atoms with Crippen LogP contribution in [0, 0.1) is 5.92 Å². The van der Waals surface area contributed by atoms with E-state index in [1.807, 2.05) is 23.1 Å². The Kier molecular flexibility index (Phi) is 6.82. The Hall–Kier alpha value is -2.44. The van der Waals surface area contributed by atoms with Gasteiger partial charge in [-0.25, -0.2) is 4.79 Å². The first-order valence-electron chi connectivity index (χ1n) is 11.8. The van der Waals surface area contributed by atoms with Gasteiger partial charge in [-0.2, -0.15) is 0 Å². The Morgan fingerprint density at radius 2 is 1.75 bits per heavy atom. The smallest absolute Gasteiger partial charge is 0.327 e. The summed E-state index contributed by atoms with van der Waals surface area (Å²) in [6, 6.07) is 14.2. The van der Waals surface area contributed by atoms with Gasteiger partial charge in [0.15, 0.2) is 0 Å². The van der Waals surface area contributed by atoms with Crippen LogP contribution in [-0.2, 0) is 16.1 Å². The number of likely N-dealkylation sites (tertiary alicyclic amines) is 1. The van der Waals surface area contributed by atoms with Gasteiger partial charge in [-0.05, 0) is 47.6 Å². The fourth-order valence-electron chi connectivity index (χ4n) is 5.22. The zero-order valence-corrected chi connectivity index (χ0v) is 19.5. The van der Waals surface area contributed by atoms with E-state index >= 15 is 0 Å². The van der Waals surface area contributed by atoms with Gasteiger partial charge in [0.25, 0.3) is 5.91 Å². The summed E-state index contributed by atoms with van der Waals surface area (Å²) >= 11 is 0. The molecule has 0 N–H and O–H groups in total. The summed E-state index contributed by atoms with van der Waals surface area (Å²) in [5.74, 6) is 0.560. The highest BCUT2D eigenvalue weighted by Gasteiger charge is 2.57. The average molecular weight is 438 g/mol. The largest absolute Gasteiger partial charge is 0.385 e. The normalized spacial score (nSPS) is 19.1. The fraction of sp³-hybridized carbons (Fsp3) is 0.538. The number of fused-ring (bicyclic) bond motifs is 1. The van der Waals surface area contributed by atoms with Crippen molar-refractivity contribution in [2.75, 3.05) is 39.9 Å². The van der Waals surface area contributed by atoms with Gasteiger partial charge in [0.1, 0.15) is 5.54 Å². The lowest BCUT2D eigenvalue weighted by molar-refractivity contribution is -0.136. The molecule has 0 aliphatic carbocycles. The number of imide groups is 1. The summed E-state index contributed by atoms with van der Waals surface area (Å²) in [6.45, 7) is 8.62. The number of rotatable bonds is 8. The summed E-state index contributed by atoms with van der Waals surface area (Å²) in [7, 11) is 1.67. The van der Waals surface area contributed by atoms with Crippen LogP contribution in [0.15, 0.2) is 42.5 Å². The number of nitrogens with zero attached hydrogens (tertiary/aromatic N) is 3. The standard InChI is InChI=1S/C26H35N3O3/c1-20(2)18-27-14-11-26(12-15-27)24(30)28(25(31)29(26)13-6-16-32-3)19-21-9-10-22-7-4-5-8-23(22)17-21/h4-5,7-10,17,20H,6,11-16,18-19H2,1-3H3. The first-order chi connectivity index (χ1) is 15.4. The molecule has 2 aromatic carbocycles. The maximum atomic E-state index is 13.7. The molecule has 4 rings (SSSR count). The second kappa shape index (κ2) is 9.59. The molecule has 0 atom stereocenters. The van der Waals surface area contributed by atoms with Crippen molar-refractivity contribution in [1.82, 2.24) is 14.7 Å².